The van der Waals surface area contributed by atoms with Gasteiger partial charge in [-0.25, -0.2) is 4.79 Å². The van der Waals surface area contributed by atoms with E-state index in [1.807, 2.05) is 51.1 Å². The molecular formula is C31H37NO7. The Labute approximate surface area is 229 Å². The van der Waals surface area contributed by atoms with Gasteiger partial charge in [0.15, 0.2) is 17.3 Å². The third-order valence-corrected chi connectivity index (χ3v) is 7.23. The molecule has 0 unspecified atom stereocenters. The third-order valence-electron chi connectivity index (χ3n) is 7.23. The van der Waals surface area contributed by atoms with Crippen LogP contribution >= 0.6 is 0 Å². The number of ketones is 1. The monoisotopic (exact) mass is 535 g/mol. The highest BCUT2D eigenvalue weighted by Gasteiger charge is 2.42. The van der Waals surface area contributed by atoms with Gasteiger partial charge in [0.05, 0.1) is 46.5 Å². The van der Waals surface area contributed by atoms with Crippen molar-refractivity contribution in [3.63, 3.8) is 0 Å². The fraction of sp³-hybridized carbons (Fsp3) is 0.419. The topological polar surface area (TPSA) is 92.3 Å². The van der Waals surface area contributed by atoms with Crippen molar-refractivity contribution in [2.75, 3.05) is 35.0 Å². The van der Waals surface area contributed by atoms with Crippen molar-refractivity contribution in [3.05, 3.63) is 70.1 Å². The van der Waals surface area contributed by atoms with Crippen LogP contribution in [0, 0.1) is 5.92 Å². The van der Waals surface area contributed by atoms with Gasteiger partial charge in [0.25, 0.3) is 0 Å². The lowest BCUT2D eigenvalue weighted by Crippen LogP contribution is -2.36. The first-order valence-corrected chi connectivity index (χ1v) is 13.1. The molecule has 39 heavy (non-hydrogen) atoms. The molecule has 0 spiro atoms. The molecule has 2 atom stereocenters. The quantitative estimate of drug-likeness (QED) is 0.434. The molecule has 0 saturated heterocycles. The average molecular weight is 536 g/mol. The van der Waals surface area contributed by atoms with E-state index in [1.54, 1.807) is 34.5 Å². The first kappa shape index (κ1) is 28.1. The molecule has 0 radical (unpaired) electrons. The maximum atomic E-state index is 13.9. The lowest BCUT2D eigenvalue weighted by Gasteiger charge is -2.37. The highest BCUT2D eigenvalue weighted by molar-refractivity contribution is 6.04. The number of methoxy groups -OCH3 is 4. The lowest BCUT2D eigenvalue weighted by atomic mass is 9.71. The maximum absolute atomic E-state index is 13.9. The summed E-state index contributed by atoms with van der Waals surface area (Å²) in [4.78, 5) is 27.4. The molecule has 0 aromatic heterocycles. The third kappa shape index (κ3) is 5.60. The number of ether oxygens (including phenoxy) is 5. The number of benzene rings is 2. The van der Waals surface area contributed by atoms with Crippen molar-refractivity contribution in [3.8, 4) is 23.0 Å². The Hall–Kier alpha value is -3.94. The van der Waals surface area contributed by atoms with Crippen LogP contribution in [-0.4, -0.2) is 46.8 Å². The molecule has 1 N–H and O–H groups in total. The SMILES string of the molecule is COc1ccc([C@H]2C(C(=O)OCC(C)C)=C(C)NC3=C2C(=O)C[C@H](c2ccc(OC)c(OC)c2)C3)c(OC)c1. The number of hydrogen-bond acceptors (Lipinski definition) is 8. The van der Waals surface area contributed by atoms with Crippen LogP contribution in [0.1, 0.15) is 56.6 Å². The molecule has 0 amide bonds. The number of rotatable bonds is 9. The zero-order chi connectivity index (χ0) is 28.3. The van der Waals surface area contributed by atoms with E-state index in [1.165, 1.54) is 0 Å². The van der Waals surface area contributed by atoms with Crippen molar-refractivity contribution in [1.29, 1.82) is 0 Å². The Morgan fingerprint density at radius 2 is 1.64 bits per heavy atom. The standard InChI is InChI=1S/C31H37NO7/c1-17(2)16-39-31(34)28-18(3)32-23-12-20(19-8-11-25(36-5)27(14-19)38-7)13-24(33)30(23)29(28)22-10-9-21(35-4)15-26(22)37-6/h8-11,14-15,17,20,29,32H,12-13,16H2,1-7H3/t20-,29+/m1/s1. The molecule has 0 bridgehead atoms. The zero-order valence-corrected chi connectivity index (χ0v) is 23.7. The summed E-state index contributed by atoms with van der Waals surface area (Å²) in [5.41, 5.74) is 4.13. The largest absolute Gasteiger partial charge is 0.497 e. The number of carbonyl (C=O) groups excluding carboxylic acids is 2. The Morgan fingerprint density at radius 1 is 0.923 bits per heavy atom. The zero-order valence-electron chi connectivity index (χ0n) is 23.7. The Balaban J connectivity index is 1.81. The van der Waals surface area contributed by atoms with Crippen molar-refractivity contribution >= 4 is 11.8 Å². The van der Waals surface area contributed by atoms with Gasteiger partial charge in [-0.1, -0.05) is 26.0 Å². The summed E-state index contributed by atoms with van der Waals surface area (Å²) in [5.74, 6) is 1.39. The van der Waals surface area contributed by atoms with E-state index in [-0.39, 0.29) is 24.2 Å². The molecule has 1 aliphatic carbocycles. The number of esters is 1. The van der Waals surface area contributed by atoms with Crippen LogP contribution in [0.2, 0.25) is 0 Å². The van der Waals surface area contributed by atoms with Gasteiger partial charge in [-0.05, 0) is 48.9 Å². The number of nitrogens with one attached hydrogen (secondary N) is 1. The highest BCUT2D eigenvalue weighted by atomic mass is 16.5. The number of Topliss-reactive ketones (excluding diaryl/α,β-unsaturated/α-hetero) is 1. The molecule has 2 aromatic rings. The molecule has 0 saturated carbocycles. The van der Waals surface area contributed by atoms with E-state index < -0.39 is 11.9 Å². The predicted molar refractivity (Wildman–Crippen MR) is 147 cm³/mol. The number of hydrogen-bond donors (Lipinski definition) is 1. The van der Waals surface area contributed by atoms with Gasteiger partial charge in [0.1, 0.15) is 11.5 Å². The number of carbonyl (C=O) groups is 2. The minimum atomic E-state index is -0.638. The molecule has 8 nitrogen and oxygen atoms in total. The molecule has 2 aromatic carbocycles. The minimum Gasteiger partial charge on any atom is -0.497 e. The molecule has 0 fully saturated rings. The van der Waals surface area contributed by atoms with Crippen LogP contribution in [0.3, 0.4) is 0 Å². The van der Waals surface area contributed by atoms with Crippen molar-refractivity contribution in [1.82, 2.24) is 5.32 Å². The number of dihydropyridines is 1. The minimum absolute atomic E-state index is 0.0342. The van der Waals surface area contributed by atoms with E-state index in [4.69, 9.17) is 23.7 Å². The second-order valence-corrected chi connectivity index (χ2v) is 10.2. The molecule has 8 heteroatoms. The van der Waals surface area contributed by atoms with Crippen LogP contribution in [0.5, 0.6) is 23.0 Å². The molecule has 208 valence electrons. The Morgan fingerprint density at radius 3 is 2.28 bits per heavy atom. The summed E-state index contributed by atoms with van der Waals surface area (Å²) in [6, 6.07) is 11.2. The molecule has 2 aliphatic rings. The Kier molecular flexibility index (Phi) is 8.53. The fourth-order valence-electron chi connectivity index (χ4n) is 5.34. The van der Waals surface area contributed by atoms with E-state index >= 15 is 0 Å². The molecule has 1 aliphatic heterocycles. The van der Waals surface area contributed by atoms with Crippen LogP contribution in [0.4, 0.5) is 0 Å². The van der Waals surface area contributed by atoms with Gasteiger partial charge >= 0.3 is 5.97 Å². The first-order valence-electron chi connectivity index (χ1n) is 13.1. The van der Waals surface area contributed by atoms with E-state index in [0.29, 0.717) is 58.2 Å². The fourth-order valence-corrected chi connectivity index (χ4v) is 5.34. The summed E-state index contributed by atoms with van der Waals surface area (Å²) in [5, 5.41) is 3.39. The van der Waals surface area contributed by atoms with Gasteiger partial charge in [-0.15, -0.1) is 0 Å². The summed E-state index contributed by atoms with van der Waals surface area (Å²) in [6.07, 6.45) is 0.884. The van der Waals surface area contributed by atoms with Gasteiger partial charge in [-0.2, -0.15) is 0 Å². The van der Waals surface area contributed by atoms with Gasteiger partial charge < -0.3 is 29.0 Å². The second kappa shape index (κ2) is 11.8. The molecular weight excluding hydrogens is 498 g/mol. The van der Waals surface area contributed by atoms with Crippen LogP contribution in [0.25, 0.3) is 0 Å². The smallest absolute Gasteiger partial charge is 0.336 e. The van der Waals surface area contributed by atoms with Crippen LogP contribution in [0.15, 0.2) is 58.9 Å². The second-order valence-electron chi connectivity index (χ2n) is 10.2. The van der Waals surface area contributed by atoms with Crippen LogP contribution < -0.4 is 24.3 Å². The highest BCUT2D eigenvalue weighted by Crippen LogP contribution is 2.48. The maximum Gasteiger partial charge on any atom is 0.336 e. The summed E-state index contributed by atoms with van der Waals surface area (Å²) < 4.78 is 27.7. The predicted octanol–water partition coefficient (Wildman–Crippen LogP) is 5.28. The van der Waals surface area contributed by atoms with Crippen LogP contribution in [-0.2, 0) is 14.3 Å². The average Bonchev–Trinajstić information content (AvgIpc) is 2.94. The summed E-state index contributed by atoms with van der Waals surface area (Å²) >= 11 is 0. The first-order chi connectivity index (χ1) is 18.7. The van der Waals surface area contributed by atoms with Crippen molar-refractivity contribution < 1.29 is 33.3 Å². The van der Waals surface area contributed by atoms with Gasteiger partial charge in [0.2, 0.25) is 0 Å². The van der Waals surface area contributed by atoms with E-state index in [0.717, 1.165) is 11.3 Å². The normalized spacial score (nSPS) is 18.9. The summed E-state index contributed by atoms with van der Waals surface area (Å²) in [6.45, 7) is 6.10. The van der Waals surface area contributed by atoms with E-state index in [2.05, 4.69) is 5.32 Å². The molecule has 4 rings (SSSR count). The van der Waals surface area contributed by atoms with Crippen molar-refractivity contribution in [2.24, 2.45) is 5.92 Å². The van der Waals surface area contributed by atoms with Crippen molar-refractivity contribution in [2.45, 2.75) is 45.4 Å². The molecule has 1 heterocycles. The lowest BCUT2D eigenvalue weighted by molar-refractivity contribution is -0.140. The summed E-state index contributed by atoms with van der Waals surface area (Å²) in [7, 11) is 6.34. The Bertz CT molecular complexity index is 1320. The van der Waals surface area contributed by atoms with Gasteiger partial charge in [0, 0.05) is 35.0 Å². The van der Waals surface area contributed by atoms with E-state index in [9.17, 15) is 9.59 Å². The van der Waals surface area contributed by atoms with Gasteiger partial charge in [-0.3, -0.25) is 4.79 Å². The number of allylic oxidation sites excluding steroid dienone is 3.